The first kappa shape index (κ1) is 21.6. The highest BCUT2D eigenvalue weighted by Gasteiger charge is 2.64. The quantitative estimate of drug-likeness (QED) is 0.364. The number of rotatable bonds is 4. The van der Waals surface area contributed by atoms with Crippen molar-refractivity contribution in [3.8, 4) is 0 Å². The van der Waals surface area contributed by atoms with E-state index in [1.165, 1.54) is 36.5 Å². The highest BCUT2D eigenvalue weighted by molar-refractivity contribution is 14.1. The molecule has 0 amide bonds. The summed E-state index contributed by atoms with van der Waals surface area (Å²) in [5, 5.41) is 10.4. The maximum Gasteiger partial charge on any atom is 0.139 e. The summed E-state index contributed by atoms with van der Waals surface area (Å²) in [5.41, 5.74) is 0.642. The maximum atomic E-state index is 13.9. The van der Waals surface area contributed by atoms with Gasteiger partial charge in [0.15, 0.2) is 0 Å². The summed E-state index contributed by atoms with van der Waals surface area (Å²) >= 11 is 2.53. The molecule has 4 rings (SSSR count). The summed E-state index contributed by atoms with van der Waals surface area (Å²) < 4.78 is 1.25. The molecule has 3 unspecified atom stereocenters. The molecule has 160 valence electrons. The molecule has 4 aliphatic carbocycles. The van der Waals surface area contributed by atoms with Gasteiger partial charge in [0, 0.05) is 11.8 Å². The highest BCUT2D eigenvalue weighted by atomic mass is 127. The Labute approximate surface area is 186 Å². The fourth-order valence-corrected chi connectivity index (χ4v) is 9.97. The van der Waals surface area contributed by atoms with Crippen molar-refractivity contribution in [2.24, 2.45) is 52.3 Å². The number of Topliss-reactive ketones (excluding diaryl/α,β-unsaturated/α-hetero) is 1. The molecule has 2 nitrogen and oxygen atoms in total. The highest BCUT2D eigenvalue weighted by Crippen LogP contribution is 2.68. The van der Waals surface area contributed by atoms with Gasteiger partial charge in [-0.25, -0.2) is 0 Å². The molecule has 0 aromatic carbocycles. The van der Waals surface area contributed by atoms with E-state index in [0.717, 1.165) is 37.5 Å². The number of hydrogen-bond acceptors (Lipinski definition) is 2. The van der Waals surface area contributed by atoms with Gasteiger partial charge in [-0.05, 0) is 103 Å². The van der Waals surface area contributed by atoms with Crippen LogP contribution >= 0.6 is 22.6 Å². The van der Waals surface area contributed by atoms with Gasteiger partial charge < -0.3 is 5.11 Å². The van der Waals surface area contributed by atoms with Crippen molar-refractivity contribution in [3.05, 3.63) is 0 Å². The summed E-state index contributed by atoms with van der Waals surface area (Å²) in [6.45, 7) is 9.75. The van der Waals surface area contributed by atoms with E-state index in [4.69, 9.17) is 0 Å². The second-order valence-electron chi connectivity index (χ2n) is 11.4. The smallest absolute Gasteiger partial charge is 0.139 e. The van der Waals surface area contributed by atoms with Gasteiger partial charge in [0.2, 0.25) is 0 Å². The predicted octanol–water partition coefficient (Wildman–Crippen LogP) is 6.28. The first-order chi connectivity index (χ1) is 13.3. The zero-order chi connectivity index (χ0) is 20.3. The molecule has 0 radical (unpaired) electrons. The van der Waals surface area contributed by atoms with Crippen LogP contribution in [0.15, 0.2) is 0 Å². The number of fused-ring (bicyclic) bond motifs is 5. The van der Waals surface area contributed by atoms with Gasteiger partial charge in [0.05, 0.1) is 6.10 Å². The zero-order valence-corrected chi connectivity index (χ0v) is 20.6. The van der Waals surface area contributed by atoms with Crippen LogP contribution in [0.5, 0.6) is 0 Å². The van der Waals surface area contributed by atoms with Crippen molar-refractivity contribution in [1.82, 2.24) is 0 Å². The zero-order valence-electron chi connectivity index (χ0n) is 18.4. The lowest BCUT2D eigenvalue weighted by atomic mass is 9.42. The van der Waals surface area contributed by atoms with Gasteiger partial charge in [-0.1, -0.05) is 50.3 Å². The first-order valence-electron chi connectivity index (χ1n) is 12.1. The lowest BCUT2D eigenvalue weighted by Gasteiger charge is -2.62. The van der Waals surface area contributed by atoms with Crippen LogP contribution in [-0.2, 0) is 4.79 Å². The largest absolute Gasteiger partial charge is 0.393 e. The van der Waals surface area contributed by atoms with Crippen LogP contribution in [0.1, 0.15) is 85.5 Å². The van der Waals surface area contributed by atoms with Gasteiger partial charge in [-0.15, -0.1) is 0 Å². The van der Waals surface area contributed by atoms with Crippen molar-refractivity contribution in [3.63, 3.8) is 0 Å². The van der Waals surface area contributed by atoms with E-state index in [1.807, 2.05) is 0 Å². The Balaban J connectivity index is 1.68. The number of hydrogen-bond donors (Lipinski definition) is 1. The molecule has 0 aliphatic heterocycles. The molecule has 0 saturated heterocycles. The molecule has 0 aromatic heterocycles. The van der Waals surface area contributed by atoms with Gasteiger partial charge >= 0.3 is 0 Å². The molecule has 3 heteroatoms. The van der Waals surface area contributed by atoms with Crippen LogP contribution in [-0.4, -0.2) is 21.4 Å². The average Bonchev–Trinajstić information content (AvgIpc) is 3.01. The van der Waals surface area contributed by atoms with E-state index in [-0.39, 0.29) is 17.4 Å². The maximum absolute atomic E-state index is 13.9. The van der Waals surface area contributed by atoms with Gasteiger partial charge in [-0.2, -0.15) is 0 Å². The Kier molecular flexibility index (Phi) is 6.02. The number of alkyl halides is 1. The molecule has 28 heavy (non-hydrogen) atoms. The molecule has 0 spiro atoms. The molecule has 0 heterocycles. The van der Waals surface area contributed by atoms with Gasteiger partial charge in [0.25, 0.3) is 0 Å². The fourth-order valence-electron chi connectivity index (χ4n) is 8.98. The third-order valence-corrected chi connectivity index (χ3v) is 11.1. The summed E-state index contributed by atoms with van der Waals surface area (Å²) in [6, 6.07) is 0. The summed E-state index contributed by atoms with van der Waals surface area (Å²) in [6.07, 6.45) is 10.2. The minimum atomic E-state index is -0.185. The summed E-state index contributed by atoms with van der Waals surface area (Å²) in [5.74, 6) is 4.27. The third kappa shape index (κ3) is 3.07. The van der Waals surface area contributed by atoms with Gasteiger partial charge in [-0.3, -0.25) is 4.79 Å². The molecule has 4 aliphatic rings. The molecular formula is C25H41IO2. The summed E-state index contributed by atoms with van der Waals surface area (Å²) in [4.78, 5) is 13.9. The number of ketones is 1. The van der Waals surface area contributed by atoms with Crippen LogP contribution in [0, 0.1) is 52.3 Å². The normalized spacial score (nSPS) is 51.9. The number of carbonyl (C=O) groups is 1. The average molecular weight is 501 g/mol. The number of aliphatic hydroxyl groups is 1. The van der Waals surface area contributed by atoms with E-state index in [1.54, 1.807) is 0 Å². The van der Waals surface area contributed by atoms with Crippen molar-refractivity contribution >= 4 is 28.4 Å². The van der Waals surface area contributed by atoms with Gasteiger partial charge in [0.1, 0.15) is 5.78 Å². The van der Waals surface area contributed by atoms with E-state index in [0.29, 0.717) is 34.9 Å². The summed E-state index contributed by atoms with van der Waals surface area (Å²) in [7, 11) is 0. The molecule has 1 N–H and O–H groups in total. The van der Waals surface area contributed by atoms with Crippen LogP contribution in [0.25, 0.3) is 0 Å². The number of aliphatic hydroxyl groups excluding tert-OH is 1. The Morgan fingerprint density at radius 3 is 2.43 bits per heavy atom. The van der Waals surface area contributed by atoms with Crippen LogP contribution in [0.2, 0.25) is 0 Å². The van der Waals surface area contributed by atoms with E-state index >= 15 is 0 Å². The van der Waals surface area contributed by atoms with Crippen molar-refractivity contribution in [1.29, 1.82) is 0 Å². The standard InChI is InChI=1S/C25H41IO2/c1-5-17-21-14-16(27)8-11-25(21,4)20-9-12-24(3)18(15(2)10-13-26)6-7-19(24)22(20)23(17)28/h15-22,27H,5-14H2,1-4H3/t15-,16-,17-,18-,19?,20?,21+,22?,24-,25-/m1/s1. The Morgan fingerprint density at radius 1 is 1.07 bits per heavy atom. The predicted molar refractivity (Wildman–Crippen MR) is 123 cm³/mol. The van der Waals surface area contributed by atoms with E-state index in [2.05, 4.69) is 50.3 Å². The Bertz CT molecular complexity index is 605. The molecule has 4 saturated carbocycles. The fraction of sp³-hybridized carbons (Fsp3) is 0.960. The monoisotopic (exact) mass is 500 g/mol. The second-order valence-corrected chi connectivity index (χ2v) is 12.5. The SMILES string of the molecule is CC[C@H]1C(=O)C2C3CC[C@H]([C@H](C)CCI)[C@@]3(C)CCC2[C@@]2(C)CC[C@@H](O)C[C@@H]12. The topological polar surface area (TPSA) is 37.3 Å². The van der Waals surface area contributed by atoms with Crippen molar-refractivity contribution in [2.45, 2.75) is 91.6 Å². The minimum Gasteiger partial charge on any atom is -0.393 e. The first-order valence-corrected chi connectivity index (χ1v) is 13.6. The van der Waals surface area contributed by atoms with Crippen LogP contribution in [0.4, 0.5) is 0 Å². The van der Waals surface area contributed by atoms with Crippen molar-refractivity contribution in [2.75, 3.05) is 4.43 Å². The molecule has 0 aromatic rings. The molecule has 10 atom stereocenters. The number of halogens is 1. The third-order valence-electron chi connectivity index (χ3n) is 10.5. The van der Waals surface area contributed by atoms with Crippen molar-refractivity contribution < 1.29 is 9.90 Å². The lowest BCUT2D eigenvalue weighted by molar-refractivity contribution is -0.173. The minimum absolute atomic E-state index is 0.185. The van der Waals surface area contributed by atoms with E-state index in [9.17, 15) is 9.90 Å². The molecule has 0 bridgehead atoms. The Hall–Kier alpha value is 0.360. The number of carbonyl (C=O) groups excluding carboxylic acids is 1. The molecular weight excluding hydrogens is 459 g/mol. The van der Waals surface area contributed by atoms with E-state index < -0.39 is 0 Å². The Morgan fingerprint density at radius 2 is 1.75 bits per heavy atom. The van der Waals surface area contributed by atoms with Crippen LogP contribution in [0.3, 0.4) is 0 Å². The molecule has 4 fully saturated rings. The lowest BCUT2D eigenvalue weighted by Crippen LogP contribution is -2.60. The second kappa shape index (κ2) is 7.80. The van der Waals surface area contributed by atoms with Crippen LogP contribution < -0.4 is 0 Å².